The number of ether oxygens (including phenoxy) is 1. The molecule has 0 aromatic rings. The maximum atomic E-state index is 12.9. The van der Waals surface area contributed by atoms with E-state index in [9.17, 15) is 9.59 Å². The molecule has 2 aliphatic rings. The molecule has 0 aromatic heterocycles. The lowest BCUT2D eigenvalue weighted by atomic mass is 9.63. The Morgan fingerprint density at radius 3 is 2.52 bits per heavy atom. The zero-order chi connectivity index (χ0) is 15.9. The molecule has 5 unspecified atom stereocenters. The Kier molecular flexibility index (Phi) is 4.34. The van der Waals surface area contributed by atoms with Crippen LogP contribution in [-0.2, 0) is 14.3 Å². The van der Waals surface area contributed by atoms with Crippen molar-refractivity contribution in [3.63, 3.8) is 0 Å². The fourth-order valence-electron chi connectivity index (χ4n) is 3.59. The summed E-state index contributed by atoms with van der Waals surface area (Å²) in [6, 6.07) is -0.724. The van der Waals surface area contributed by atoms with Crippen LogP contribution in [-0.4, -0.2) is 48.1 Å². The quantitative estimate of drug-likeness (QED) is 0.856. The van der Waals surface area contributed by atoms with Crippen LogP contribution in [0.25, 0.3) is 0 Å². The van der Waals surface area contributed by atoms with Crippen LogP contribution in [0.3, 0.4) is 0 Å². The van der Waals surface area contributed by atoms with E-state index in [-0.39, 0.29) is 35.3 Å². The number of piperazine rings is 1. The van der Waals surface area contributed by atoms with Gasteiger partial charge in [0.05, 0.1) is 6.10 Å². The fourth-order valence-corrected chi connectivity index (χ4v) is 3.59. The second-order valence-electron chi connectivity index (χ2n) is 7.09. The van der Waals surface area contributed by atoms with Gasteiger partial charge in [-0.2, -0.15) is 0 Å². The van der Waals surface area contributed by atoms with Gasteiger partial charge >= 0.3 is 0 Å². The molecule has 0 radical (unpaired) electrons. The van der Waals surface area contributed by atoms with E-state index < -0.39 is 12.1 Å². The molecule has 120 valence electrons. The molecule has 2 rings (SSSR count). The predicted octanol–water partition coefficient (Wildman–Crippen LogP) is 1.56. The summed E-state index contributed by atoms with van der Waals surface area (Å²) in [5.74, 6) is 0.165. The van der Waals surface area contributed by atoms with Gasteiger partial charge in [0, 0.05) is 18.6 Å². The number of methoxy groups -OCH3 is 1. The van der Waals surface area contributed by atoms with Crippen LogP contribution in [0.5, 0.6) is 0 Å². The number of nitrogens with zero attached hydrogens (tertiary/aromatic N) is 1. The van der Waals surface area contributed by atoms with Crippen LogP contribution in [0, 0.1) is 11.3 Å². The van der Waals surface area contributed by atoms with E-state index in [2.05, 4.69) is 19.2 Å². The lowest BCUT2D eigenvalue weighted by molar-refractivity contribution is -0.178. The number of rotatable bonds is 4. The number of hydrogen-bond acceptors (Lipinski definition) is 3. The standard InChI is InChI=1S/C16H28N2O3/c1-7-9(2)13-15(20)18(10(3)14(19)17-13)11-8-12(21-6)16(11,4)5/h9-13H,7-8H2,1-6H3,(H,17,19). The highest BCUT2D eigenvalue weighted by atomic mass is 16.5. The molecule has 1 aliphatic heterocycles. The maximum absolute atomic E-state index is 12.9. The molecule has 21 heavy (non-hydrogen) atoms. The van der Waals surface area contributed by atoms with Crippen LogP contribution in [0.1, 0.15) is 47.5 Å². The first-order chi connectivity index (χ1) is 9.75. The molecular weight excluding hydrogens is 268 g/mol. The predicted molar refractivity (Wildman–Crippen MR) is 80.7 cm³/mol. The summed E-state index contributed by atoms with van der Waals surface area (Å²) >= 11 is 0. The van der Waals surface area contributed by atoms with E-state index >= 15 is 0 Å². The zero-order valence-electron chi connectivity index (χ0n) is 14.0. The van der Waals surface area contributed by atoms with Crippen molar-refractivity contribution in [1.82, 2.24) is 10.2 Å². The summed E-state index contributed by atoms with van der Waals surface area (Å²) < 4.78 is 5.48. The number of nitrogens with one attached hydrogen (secondary N) is 1. The minimum absolute atomic E-state index is 0.0448. The summed E-state index contributed by atoms with van der Waals surface area (Å²) in [5, 5.41) is 2.89. The summed E-state index contributed by atoms with van der Waals surface area (Å²) in [6.07, 6.45) is 1.82. The first-order valence-corrected chi connectivity index (χ1v) is 7.91. The first kappa shape index (κ1) is 16.3. The third-order valence-corrected chi connectivity index (χ3v) is 5.57. The van der Waals surface area contributed by atoms with E-state index in [1.807, 2.05) is 25.7 Å². The normalized spacial score (nSPS) is 37.0. The van der Waals surface area contributed by atoms with Gasteiger partial charge in [-0.15, -0.1) is 0 Å². The number of hydrogen-bond donors (Lipinski definition) is 1. The van der Waals surface area contributed by atoms with Gasteiger partial charge in [-0.1, -0.05) is 34.1 Å². The lowest BCUT2D eigenvalue weighted by Crippen LogP contribution is -2.72. The highest BCUT2D eigenvalue weighted by Crippen LogP contribution is 2.47. The van der Waals surface area contributed by atoms with Crippen LogP contribution in [0.4, 0.5) is 0 Å². The Morgan fingerprint density at radius 1 is 1.43 bits per heavy atom. The van der Waals surface area contributed by atoms with Crippen molar-refractivity contribution in [3.8, 4) is 0 Å². The highest BCUT2D eigenvalue weighted by molar-refractivity contribution is 5.97. The Morgan fingerprint density at radius 2 is 2.05 bits per heavy atom. The van der Waals surface area contributed by atoms with Crippen molar-refractivity contribution in [2.24, 2.45) is 11.3 Å². The van der Waals surface area contributed by atoms with Gasteiger partial charge in [0.2, 0.25) is 11.8 Å². The van der Waals surface area contributed by atoms with E-state index in [0.717, 1.165) is 12.8 Å². The summed E-state index contributed by atoms with van der Waals surface area (Å²) in [6.45, 7) is 10.1. The lowest BCUT2D eigenvalue weighted by Gasteiger charge is -2.58. The molecule has 1 aliphatic carbocycles. The second kappa shape index (κ2) is 5.59. The van der Waals surface area contributed by atoms with Crippen molar-refractivity contribution in [2.45, 2.75) is 71.7 Å². The van der Waals surface area contributed by atoms with Crippen molar-refractivity contribution in [1.29, 1.82) is 0 Å². The first-order valence-electron chi connectivity index (χ1n) is 7.91. The summed E-state index contributed by atoms with van der Waals surface area (Å²) in [4.78, 5) is 26.9. The number of carbonyl (C=O) groups is 2. The van der Waals surface area contributed by atoms with Crippen LogP contribution in [0.15, 0.2) is 0 Å². The Labute approximate surface area is 127 Å². The molecule has 0 bridgehead atoms. The molecule has 1 saturated carbocycles. The fraction of sp³-hybridized carbons (Fsp3) is 0.875. The summed E-state index contributed by atoms with van der Waals surface area (Å²) in [5.41, 5.74) is -0.115. The van der Waals surface area contributed by atoms with Crippen molar-refractivity contribution in [2.75, 3.05) is 7.11 Å². The highest BCUT2D eigenvalue weighted by Gasteiger charge is 2.56. The van der Waals surface area contributed by atoms with Crippen molar-refractivity contribution >= 4 is 11.8 Å². The van der Waals surface area contributed by atoms with E-state index in [1.165, 1.54) is 0 Å². The van der Waals surface area contributed by atoms with Gasteiger partial charge in [0.25, 0.3) is 0 Å². The van der Waals surface area contributed by atoms with Crippen molar-refractivity contribution < 1.29 is 14.3 Å². The van der Waals surface area contributed by atoms with Gasteiger partial charge in [0.1, 0.15) is 12.1 Å². The van der Waals surface area contributed by atoms with Crippen LogP contribution >= 0.6 is 0 Å². The molecule has 1 N–H and O–H groups in total. The van der Waals surface area contributed by atoms with Crippen LogP contribution in [0.2, 0.25) is 0 Å². The SMILES string of the molecule is CCC(C)C1NC(=O)C(C)N(C2CC(OC)C2(C)C)C1=O. The number of carbonyl (C=O) groups excluding carboxylic acids is 2. The topological polar surface area (TPSA) is 58.6 Å². The number of amides is 2. The molecule has 1 saturated heterocycles. The van der Waals surface area contributed by atoms with Gasteiger partial charge in [-0.25, -0.2) is 0 Å². The Bertz CT molecular complexity index is 435. The molecule has 1 heterocycles. The van der Waals surface area contributed by atoms with Crippen molar-refractivity contribution in [3.05, 3.63) is 0 Å². The molecular formula is C16H28N2O3. The maximum Gasteiger partial charge on any atom is 0.246 e. The van der Waals surface area contributed by atoms with Gasteiger partial charge < -0.3 is 15.0 Å². The Hall–Kier alpha value is -1.10. The smallest absolute Gasteiger partial charge is 0.246 e. The van der Waals surface area contributed by atoms with Gasteiger partial charge in [-0.05, 0) is 19.3 Å². The van der Waals surface area contributed by atoms with Gasteiger partial charge in [-0.3, -0.25) is 9.59 Å². The second-order valence-corrected chi connectivity index (χ2v) is 7.09. The molecule has 0 aromatic carbocycles. The average molecular weight is 296 g/mol. The van der Waals surface area contributed by atoms with E-state index in [1.54, 1.807) is 7.11 Å². The molecule has 2 fully saturated rings. The zero-order valence-corrected chi connectivity index (χ0v) is 14.0. The largest absolute Gasteiger partial charge is 0.381 e. The van der Waals surface area contributed by atoms with E-state index in [4.69, 9.17) is 4.74 Å². The van der Waals surface area contributed by atoms with Crippen LogP contribution < -0.4 is 5.32 Å². The van der Waals surface area contributed by atoms with E-state index in [0.29, 0.717) is 0 Å². The molecule has 5 atom stereocenters. The molecule has 5 heteroatoms. The molecule has 2 amide bonds. The monoisotopic (exact) mass is 296 g/mol. The average Bonchev–Trinajstić information content (AvgIpc) is 2.44. The third-order valence-electron chi connectivity index (χ3n) is 5.57. The summed E-state index contributed by atoms with van der Waals surface area (Å²) in [7, 11) is 1.71. The van der Waals surface area contributed by atoms with Gasteiger partial charge in [0.15, 0.2) is 0 Å². The minimum Gasteiger partial charge on any atom is -0.381 e. The molecule has 5 nitrogen and oxygen atoms in total. The minimum atomic E-state index is -0.403. The molecule has 0 spiro atoms. The Balaban J connectivity index is 2.24. The third kappa shape index (κ3) is 2.45.